The van der Waals surface area contributed by atoms with E-state index in [0.717, 1.165) is 11.3 Å². The van der Waals surface area contributed by atoms with Crippen molar-refractivity contribution in [1.82, 2.24) is 4.90 Å². The number of allylic oxidation sites excluding steroid dienone is 2. The van der Waals surface area contributed by atoms with Crippen LogP contribution in [0.4, 0.5) is 0 Å². The van der Waals surface area contributed by atoms with Gasteiger partial charge in [-0.15, -0.1) is 0 Å². The molecule has 0 atom stereocenters. The largest absolute Gasteiger partial charge is 0 e. The van der Waals surface area contributed by atoms with Gasteiger partial charge in [-0.2, -0.15) is 0 Å². The first-order valence-electron chi connectivity index (χ1n) is 4.08. The fourth-order valence-corrected chi connectivity index (χ4v) is 1.48. The summed E-state index contributed by atoms with van der Waals surface area (Å²) in [4.78, 5) is 12.4. The quantitative estimate of drug-likeness (QED) is 0.486. The van der Waals surface area contributed by atoms with Gasteiger partial charge in [-0.05, 0) is 0 Å². The summed E-state index contributed by atoms with van der Waals surface area (Å²) in [6, 6.07) is 0. The van der Waals surface area contributed by atoms with Crippen LogP contribution >= 0.6 is 0 Å². The van der Waals surface area contributed by atoms with E-state index in [1.54, 1.807) is 4.90 Å². The smallest absolute Gasteiger partial charge is 0 e. The molecular formula is C10H15NOWY-2. The van der Waals surface area contributed by atoms with Gasteiger partial charge in [0.1, 0.15) is 0 Å². The summed E-state index contributed by atoms with van der Waals surface area (Å²) < 4.78 is 3.09. The van der Waals surface area contributed by atoms with E-state index in [9.17, 15) is 4.79 Å². The van der Waals surface area contributed by atoms with Crippen LogP contribution in [0.3, 0.4) is 0 Å². The van der Waals surface area contributed by atoms with Crippen molar-refractivity contribution in [3.8, 4) is 0 Å². The van der Waals surface area contributed by atoms with Crippen LogP contribution in [0.2, 0.25) is 0 Å². The summed E-state index contributed by atoms with van der Waals surface area (Å²) in [5, 5.41) is 0. The first-order valence-corrected chi connectivity index (χ1v) is 5.55. The second kappa shape index (κ2) is 7.20. The maximum Gasteiger partial charge on any atom is 0 e. The number of hydrogen-bond donors (Lipinski definition) is 0. The number of amides is 1. The molecule has 1 amide bonds. The third-order valence-corrected chi connectivity index (χ3v) is 2.89. The SMILES string of the molecule is C/C([C-]=[W])=C(\C)N([C-]=O)C(C)(C)C.[Y]. The van der Waals surface area contributed by atoms with Crippen LogP contribution in [0.15, 0.2) is 11.3 Å². The molecule has 4 heteroatoms. The Labute approximate surface area is 123 Å². The minimum absolute atomic E-state index is 0. The summed E-state index contributed by atoms with van der Waals surface area (Å²) in [5.41, 5.74) is 1.74. The van der Waals surface area contributed by atoms with Gasteiger partial charge < -0.3 is 0 Å². The van der Waals surface area contributed by atoms with E-state index in [-0.39, 0.29) is 38.2 Å². The minimum Gasteiger partial charge on any atom is 0 e. The van der Waals surface area contributed by atoms with E-state index >= 15 is 0 Å². The van der Waals surface area contributed by atoms with Crippen molar-refractivity contribution in [3.05, 3.63) is 11.3 Å². The first kappa shape index (κ1) is 17.3. The van der Waals surface area contributed by atoms with E-state index in [1.165, 1.54) is 19.4 Å². The van der Waals surface area contributed by atoms with Gasteiger partial charge in [0.05, 0.1) is 0 Å². The molecule has 0 aliphatic carbocycles. The monoisotopic (exact) mass is 438 g/mol. The predicted molar refractivity (Wildman–Crippen MR) is 50.7 cm³/mol. The van der Waals surface area contributed by atoms with Gasteiger partial charge in [0.2, 0.25) is 0 Å². The molecule has 0 saturated heterocycles. The number of rotatable bonds is 3. The van der Waals surface area contributed by atoms with Crippen LogP contribution in [-0.2, 0) is 56.9 Å². The van der Waals surface area contributed by atoms with Crippen LogP contribution in [-0.4, -0.2) is 21.2 Å². The van der Waals surface area contributed by atoms with Gasteiger partial charge in [0.25, 0.3) is 0 Å². The van der Waals surface area contributed by atoms with Crippen molar-refractivity contribution in [3.63, 3.8) is 0 Å². The van der Waals surface area contributed by atoms with Gasteiger partial charge in [-0.25, -0.2) is 0 Å². The van der Waals surface area contributed by atoms with Crippen molar-refractivity contribution in [2.24, 2.45) is 0 Å². The molecular weight excluding hydrogens is 423 g/mol. The average molecular weight is 438 g/mol. The molecule has 1 radical (unpaired) electrons. The summed E-state index contributed by atoms with van der Waals surface area (Å²) in [6.07, 6.45) is 1.95. The zero-order valence-electron chi connectivity index (χ0n) is 9.34. The summed E-state index contributed by atoms with van der Waals surface area (Å²) in [5.74, 6) is 0. The summed E-state index contributed by atoms with van der Waals surface area (Å²) in [7, 11) is 0. The Morgan fingerprint density at radius 2 is 1.71 bits per heavy atom. The summed E-state index contributed by atoms with van der Waals surface area (Å²) >= 11 is 1.27. The Morgan fingerprint density at radius 1 is 1.29 bits per heavy atom. The molecule has 77 valence electrons. The molecule has 0 aromatic carbocycles. The van der Waals surface area contributed by atoms with Gasteiger partial charge in [0.15, 0.2) is 0 Å². The van der Waals surface area contributed by atoms with Gasteiger partial charge >= 0.3 is 91.3 Å². The third-order valence-electron chi connectivity index (χ3n) is 1.79. The second-order valence-electron chi connectivity index (χ2n) is 3.91. The number of nitrogens with zero attached hydrogens (tertiary/aromatic N) is 1. The average Bonchev–Trinajstić information content (AvgIpc) is 2.01. The van der Waals surface area contributed by atoms with Crippen LogP contribution < -0.4 is 0 Å². The maximum atomic E-state index is 10.8. The van der Waals surface area contributed by atoms with E-state index in [2.05, 4.69) is 4.40 Å². The molecule has 0 heterocycles. The molecule has 0 rings (SSSR count). The van der Waals surface area contributed by atoms with Crippen molar-refractivity contribution in [1.29, 1.82) is 0 Å². The minimum atomic E-state index is -0.209. The third kappa shape index (κ3) is 5.09. The molecule has 0 aromatic heterocycles. The van der Waals surface area contributed by atoms with Gasteiger partial charge in [-0.3, -0.25) is 0 Å². The standard InChI is InChI=1S/C10H15NO.W.Y/c1-8(2)9(3)11(7-12)10(4,5)6;;/h1,3-6H3;;/q-2;;/b9-8-;;. The molecule has 0 aliphatic rings. The Bertz CT molecular complexity index is 243. The molecule has 0 saturated carbocycles. The molecule has 0 unspecified atom stereocenters. The molecule has 0 spiro atoms. The van der Waals surface area contributed by atoms with Crippen LogP contribution in [0.1, 0.15) is 34.6 Å². The van der Waals surface area contributed by atoms with Crippen LogP contribution in [0.25, 0.3) is 0 Å². The van der Waals surface area contributed by atoms with Crippen molar-refractivity contribution in [2.45, 2.75) is 40.2 Å². The van der Waals surface area contributed by atoms with E-state index in [1.807, 2.05) is 41.0 Å². The van der Waals surface area contributed by atoms with Gasteiger partial charge in [0, 0.05) is 32.7 Å². The Balaban J connectivity index is 0. The Kier molecular flexibility index (Phi) is 8.88. The normalized spacial score (nSPS) is 12.4. The zero-order chi connectivity index (χ0) is 10.6. The van der Waals surface area contributed by atoms with E-state index in [0.29, 0.717) is 0 Å². The Morgan fingerprint density at radius 3 is 1.93 bits per heavy atom. The van der Waals surface area contributed by atoms with E-state index < -0.39 is 0 Å². The Hall–Kier alpha value is 0.872. The molecule has 0 aromatic rings. The maximum absolute atomic E-state index is 10.8. The van der Waals surface area contributed by atoms with Crippen molar-refractivity contribution >= 4 is 10.8 Å². The fourth-order valence-electron chi connectivity index (χ4n) is 0.950. The summed E-state index contributed by atoms with van der Waals surface area (Å²) in [6.45, 7) is 9.82. The number of hydrogen-bond acceptors (Lipinski definition) is 1. The number of carbonyl (C=O) groups excluding carboxylic acids is 1. The van der Waals surface area contributed by atoms with Crippen LogP contribution in [0, 0.1) is 0 Å². The second-order valence-corrected chi connectivity index (χ2v) is 4.64. The molecule has 0 fully saturated rings. The first-order chi connectivity index (χ1) is 5.84. The fraction of sp³-hybridized carbons (Fsp3) is 0.600. The van der Waals surface area contributed by atoms with E-state index in [4.69, 9.17) is 0 Å². The van der Waals surface area contributed by atoms with Crippen molar-refractivity contribution in [2.75, 3.05) is 0 Å². The molecule has 2 nitrogen and oxygen atoms in total. The molecule has 0 N–H and O–H groups in total. The molecule has 14 heavy (non-hydrogen) atoms. The molecule has 0 bridgehead atoms. The zero-order valence-corrected chi connectivity index (χ0v) is 15.1. The predicted octanol–water partition coefficient (Wildman–Crippen LogP) is 1.67. The molecule has 0 aliphatic heterocycles. The topological polar surface area (TPSA) is 20.3 Å². The van der Waals surface area contributed by atoms with Crippen LogP contribution in [0.5, 0.6) is 0 Å². The van der Waals surface area contributed by atoms with Gasteiger partial charge in [-0.1, -0.05) is 0 Å². The van der Waals surface area contributed by atoms with Crippen molar-refractivity contribution < 1.29 is 56.9 Å².